The first kappa shape index (κ1) is 14.5. The largest absolute Gasteiger partial charge is 0.463 e. The number of ether oxygens (including phenoxy) is 2. The molecule has 1 unspecified atom stereocenters. The fraction of sp³-hybridized carbons (Fsp3) is 0.500. The predicted molar refractivity (Wildman–Crippen MR) is 72.4 cm³/mol. The number of imidazole rings is 1. The van der Waals surface area contributed by atoms with Crippen molar-refractivity contribution in [2.45, 2.75) is 32.9 Å². The van der Waals surface area contributed by atoms with E-state index in [9.17, 15) is 9.59 Å². The molecule has 0 bridgehead atoms. The SMILES string of the molecule is CCOC(=O)/C=C/c1nc(C=O)n(CC2CCO2)c1C. The molecule has 1 fully saturated rings. The second kappa shape index (κ2) is 6.47. The van der Waals surface area contributed by atoms with E-state index in [1.54, 1.807) is 13.0 Å². The van der Waals surface area contributed by atoms with Crippen molar-refractivity contribution in [3.63, 3.8) is 0 Å². The summed E-state index contributed by atoms with van der Waals surface area (Å²) in [6.45, 7) is 5.32. The molecule has 6 nitrogen and oxygen atoms in total. The lowest BCUT2D eigenvalue weighted by Gasteiger charge is -2.27. The third-order valence-electron chi connectivity index (χ3n) is 3.24. The average molecular weight is 278 g/mol. The number of hydrogen-bond acceptors (Lipinski definition) is 5. The lowest BCUT2D eigenvalue weighted by Crippen LogP contribution is -2.32. The number of nitrogens with zero attached hydrogens (tertiary/aromatic N) is 2. The molecule has 108 valence electrons. The Morgan fingerprint density at radius 3 is 2.90 bits per heavy atom. The second-order valence-electron chi connectivity index (χ2n) is 4.54. The maximum Gasteiger partial charge on any atom is 0.330 e. The van der Waals surface area contributed by atoms with E-state index in [0.29, 0.717) is 31.0 Å². The Bertz CT molecular complexity index is 530. The van der Waals surface area contributed by atoms with E-state index in [1.165, 1.54) is 6.08 Å². The van der Waals surface area contributed by atoms with Crippen molar-refractivity contribution in [3.05, 3.63) is 23.3 Å². The molecule has 0 amide bonds. The Hall–Kier alpha value is -1.95. The van der Waals surface area contributed by atoms with Gasteiger partial charge in [0.1, 0.15) is 0 Å². The van der Waals surface area contributed by atoms with E-state index < -0.39 is 5.97 Å². The minimum atomic E-state index is -0.420. The van der Waals surface area contributed by atoms with Crippen molar-refractivity contribution >= 4 is 18.3 Å². The molecule has 0 aliphatic carbocycles. The first-order valence-electron chi connectivity index (χ1n) is 6.64. The molecule has 1 aromatic heterocycles. The van der Waals surface area contributed by atoms with Crippen LogP contribution in [-0.2, 0) is 20.8 Å². The van der Waals surface area contributed by atoms with Gasteiger partial charge in [-0.3, -0.25) is 4.79 Å². The molecule has 1 aliphatic rings. The number of carbonyl (C=O) groups excluding carboxylic acids is 2. The topological polar surface area (TPSA) is 70.4 Å². The quantitative estimate of drug-likeness (QED) is 0.446. The average Bonchev–Trinajstić information content (AvgIpc) is 2.68. The van der Waals surface area contributed by atoms with Crippen molar-refractivity contribution in [2.75, 3.05) is 13.2 Å². The number of carbonyl (C=O) groups is 2. The van der Waals surface area contributed by atoms with Gasteiger partial charge in [-0.15, -0.1) is 0 Å². The summed E-state index contributed by atoms with van der Waals surface area (Å²) in [7, 11) is 0. The molecule has 6 heteroatoms. The molecule has 1 saturated heterocycles. The van der Waals surface area contributed by atoms with E-state index in [-0.39, 0.29) is 6.10 Å². The zero-order valence-corrected chi connectivity index (χ0v) is 11.7. The number of rotatable bonds is 6. The van der Waals surface area contributed by atoms with Gasteiger partial charge in [0.2, 0.25) is 0 Å². The highest BCUT2D eigenvalue weighted by Crippen LogP contribution is 2.18. The predicted octanol–water partition coefficient (Wildman–Crippen LogP) is 1.37. The van der Waals surface area contributed by atoms with Crippen molar-refractivity contribution in [1.82, 2.24) is 9.55 Å². The van der Waals surface area contributed by atoms with Crippen LogP contribution in [0.25, 0.3) is 6.08 Å². The van der Waals surface area contributed by atoms with Crippen molar-refractivity contribution in [1.29, 1.82) is 0 Å². The molecule has 2 heterocycles. The Kier molecular flexibility index (Phi) is 4.68. The smallest absolute Gasteiger partial charge is 0.330 e. The van der Waals surface area contributed by atoms with Gasteiger partial charge in [0, 0.05) is 18.4 Å². The molecule has 1 atom stereocenters. The Morgan fingerprint density at radius 1 is 1.60 bits per heavy atom. The monoisotopic (exact) mass is 278 g/mol. The zero-order valence-electron chi connectivity index (χ0n) is 11.7. The Labute approximate surface area is 117 Å². The minimum Gasteiger partial charge on any atom is -0.463 e. The molecular formula is C14H18N2O4. The molecule has 1 aliphatic heterocycles. The number of aromatic nitrogens is 2. The van der Waals surface area contributed by atoms with Crippen LogP contribution in [-0.4, -0.2) is 41.1 Å². The van der Waals surface area contributed by atoms with Crippen LogP contribution in [0, 0.1) is 6.92 Å². The fourth-order valence-electron chi connectivity index (χ4n) is 2.02. The summed E-state index contributed by atoms with van der Waals surface area (Å²) in [6.07, 6.45) is 4.73. The van der Waals surface area contributed by atoms with E-state index in [4.69, 9.17) is 9.47 Å². The van der Waals surface area contributed by atoms with Crippen molar-refractivity contribution < 1.29 is 19.1 Å². The standard InChI is InChI=1S/C14H18N2O4/c1-3-19-14(18)5-4-12-10(2)16(13(9-17)15-12)8-11-6-7-20-11/h4-5,9,11H,3,6-8H2,1-2H3/b5-4+. The van der Waals surface area contributed by atoms with E-state index >= 15 is 0 Å². The van der Waals surface area contributed by atoms with Crippen LogP contribution in [0.5, 0.6) is 0 Å². The van der Waals surface area contributed by atoms with Gasteiger partial charge in [-0.05, 0) is 26.3 Å². The number of aldehydes is 1. The summed E-state index contributed by atoms with van der Waals surface area (Å²) in [4.78, 5) is 26.6. The summed E-state index contributed by atoms with van der Waals surface area (Å²) in [5, 5.41) is 0. The zero-order chi connectivity index (χ0) is 14.5. The van der Waals surface area contributed by atoms with Gasteiger partial charge >= 0.3 is 5.97 Å². The lowest BCUT2D eigenvalue weighted by atomic mass is 10.2. The highest BCUT2D eigenvalue weighted by Gasteiger charge is 2.22. The molecule has 2 rings (SSSR count). The summed E-state index contributed by atoms with van der Waals surface area (Å²) in [6, 6.07) is 0. The van der Waals surface area contributed by atoms with Crippen LogP contribution in [0.3, 0.4) is 0 Å². The maximum atomic E-state index is 11.3. The molecule has 0 N–H and O–H groups in total. The molecule has 0 aromatic carbocycles. The molecule has 0 saturated carbocycles. The fourth-order valence-corrected chi connectivity index (χ4v) is 2.02. The van der Waals surface area contributed by atoms with Gasteiger partial charge in [0.15, 0.2) is 12.1 Å². The third kappa shape index (κ3) is 3.14. The molecule has 20 heavy (non-hydrogen) atoms. The lowest BCUT2D eigenvalue weighted by molar-refractivity contribution is -0.137. The second-order valence-corrected chi connectivity index (χ2v) is 4.54. The van der Waals surface area contributed by atoms with E-state index in [0.717, 1.165) is 18.7 Å². The van der Waals surface area contributed by atoms with Crippen LogP contribution in [0.1, 0.15) is 35.4 Å². The molecule has 0 spiro atoms. The Morgan fingerprint density at radius 2 is 2.35 bits per heavy atom. The van der Waals surface area contributed by atoms with Gasteiger partial charge in [-0.2, -0.15) is 0 Å². The van der Waals surface area contributed by atoms with Gasteiger partial charge in [0.25, 0.3) is 0 Å². The molecule has 0 radical (unpaired) electrons. The van der Waals surface area contributed by atoms with Crippen LogP contribution < -0.4 is 0 Å². The summed E-state index contributed by atoms with van der Waals surface area (Å²) < 4.78 is 12.0. The van der Waals surface area contributed by atoms with Crippen LogP contribution in [0.15, 0.2) is 6.08 Å². The van der Waals surface area contributed by atoms with Crippen LogP contribution in [0.2, 0.25) is 0 Å². The van der Waals surface area contributed by atoms with Gasteiger partial charge < -0.3 is 14.0 Å². The van der Waals surface area contributed by atoms with E-state index in [1.807, 2.05) is 11.5 Å². The van der Waals surface area contributed by atoms with E-state index in [2.05, 4.69) is 4.98 Å². The minimum absolute atomic E-state index is 0.142. The summed E-state index contributed by atoms with van der Waals surface area (Å²) in [5.41, 5.74) is 1.43. The highest BCUT2D eigenvalue weighted by molar-refractivity contribution is 5.87. The first-order chi connectivity index (χ1) is 9.65. The van der Waals surface area contributed by atoms with Crippen LogP contribution in [0.4, 0.5) is 0 Å². The molecule has 1 aromatic rings. The summed E-state index contributed by atoms with van der Waals surface area (Å²) >= 11 is 0. The normalized spacial score (nSPS) is 18.0. The summed E-state index contributed by atoms with van der Waals surface area (Å²) in [5.74, 6) is -0.0714. The van der Waals surface area contributed by atoms with Crippen molar-refractivity contribution in [3.8, 4) is 0 Å². The highest BCUT2D eigenvalue weighted by atomic mass is 16.5. The van der Waals surface area contributed by atoms with Gasteiger partial charge in [0.05, 0.1) is 24.9 Å². The van der Waals surface area contributed by atoms with Gasteiger partial charge in [-0.25, -0.2) is 9.78 Å². The number of esters is 1. The Balaban J connectivity index is 2.16. The maximum absolute atomic E-state index is 11.3. The van der Waals surface area contributed by atoms with Crippen LogP contribution >= 0.6 is 0 Å². The molecular weight excluding hydrogens is 260 g/mol. The third-order valence-corrected chi connectivity index (χ3v) is 3.24. The van der Waals surface area contributed by atoms with Crippen molar-refractivity contribution in [2.24, 2.45) is 0 Å². The van der Waals surface area contributed by atoms with Gasteiger partial charge in [-0.1, -0.05) is 0 Å². The number of hydrogen-bond donors (Lipinski definition) is 0. The first-order valence-corrected chi connectivity index (χ1v) is 6.64.